The topological polar surface area (TPSA) is 86.7 Å². The van der Waals surface area contributed by atoms with E-state index in [-0.39, 0.29) is 17.5 Å². The van der Waals surface area contributed by atoms with E-state index in [4.69, 9.17) is 0 Å². The molecule has 2 amide bonds. The quantitative estimate of drug-likeness (QED) is 0.813. The van der Waals surface area contributed by atoms with E-state index in [1.807, 2.05) is 0 Å². The molecule has 0 atom stereocenters. The number of halogens is 1. The number of benzene rings is 1. The Morgan fingerprint density at radius 1 is 1.16 bits per heavy atom. The van der Waals surface area contributed by atoms with Crippen molar-refractivity contribution in [1.82, 2.24) is 10.2 Å². The molecule has 1 aromatic carbocycles. The SMILES string of the molecule is O=C(c1ccccc1F)N1CCC(NC(=O)C2(C(=O)O)CCC2)CC1. The highest BCUT2D eigenvalue weighted by molar-refractivity contribution is 6.03. The van der Waals surface area contributed by atoms with Gasteiger partial charge >= 0.3 is 5.97 Å². The Balaban J connectivity index is 1.55. The van der Waals surface area contributed by atoms with Crippen LogP contribution in [0.5, 0.6) is 0 Å². The predicted octanol–water partition coefficient (Wildman–Crippen LogP) is 1.80. The van der Waals surface area contributed by atoms with Gasteiger partial charge in [0.15, 0.2) is 0 Å². The van der Waals surface area contributed by atoms with Crippen LogP contribution in [0, 0.1) is 11.2 Å². The fourth-order valence-corrected chi connectivity index (χ4v) is 3.42. The van der Waals surface area contributed by atoms with Gasteiger partial charge in [0.05, 0.1) is 5.56 Å². The molecule has 1 aliphatic carbocycles. The molecule has 1 saturated carbocycles. The second kappa shape index (κ2) is 6.82. The van der Waals surface area contributed by atoms with Crippen LogP contribution in [0.3, 0.4) is 0 Å². The van der Waals surface area contributed by atoms with Crippen LogP contribution in [0.15, 0.2) is 24.3 Å². The number of likely N-dealkylation sites (tertiary alicyclic amines) is 1. The first-order chi connectivity index (χ1) is 11.9. The number of hydrogen-bond donors (Lipinski definition) is 2. The van der Waals surface area contributed by atoms with Crippen molar-refractivity contribution in [1.29, 1.82) is 0 Å². The van der Waals surface area contributed by atoms with Gasteiger partial charge < -0.3 is 15.3 Å². The second-order valence-corrected chi connectivity index (χ2v) is 6.76. The maximum Gasteiger partial charge on any atom is 0.319 e. The second-order valence-electron chi connectivity index (χ2n) is 6.76. The summed E-state index contributed by atoms with van der Waals surface area (Å²) in [5.74, 6) is -2.39. The van der Waals surface area contributed by atoms with Crippen LogP contribution in [0.25, 0.3) is 0 Å². The maximum atomic E-state index is 13.7. The molecule has 0 spiro atoms. The van der Waals surface area contributed by atoms with E-state index in [2.05, 4.69) is 5.32 Å². The molecule has 25 heavy (non-hydrogen) atoms. The van der Waals surface area contributed by atoms with E-state index < -0.39 is 23.1 Å². The van der Waals surface area contributed by atoms with Crippen LogP contribution >= 0.6 is 0 Å². The van der Waals surface area contributed by atoms with Crippen molar-refractivity contribution in [2.75, 3.05) is 13.1 Å². The number of carboxylic acid groups (broad SMARTS) is 1. The predicted molar refractivity (Wildman–Crippen MR) is 87.4 cm³/mol. The first-order valence-corrected chi connectivity index (χ1v) is 8.52. The summed E-state index contributed by atoms with van der Waals surface area (Å²) in [4.78, 5) is 37.6. The van der Waals surface area contributed by atoms with Crippen molar-refractivity contribution in [3.05, 3.63) is 35.6 Å². The molecule has 1 heterocycles. The Morgan fingerprint density at radius 3 is 2.32 bits per heavy atom. The number of amides is 2. The zero-order valence-corrected chi connectivity index (χ0v) is 13.8. The number of piperidine rings is 1. The van der Waals surface area contributed by atoms with Gasteiger partial charge in [0, 0.05) is 19.1 Å². The molecular weight excluding hydrogens is 327 g/mol. The first kappa shape index (κ1) is 17.4. The van der Waals surface area contributed by atoms with E-state index in [9.17, 15) is 23.9 Å². The molecule has 0 bridgehead atoms. The van der Waals surface area contributed by atoms with E-state index in [1.54, 1.807) is 11.0 Å². The van der Waals surface area contributed by atoms with Gasteiger partial charge in [0.1, 0.15) is 11.2 Å². The van der Waals surface area contributed by atoms with Crippen molar-refractivity contribution in [3.8, 4) is 0 Å². The Morgan fingerprint density at radius 2 is 1.80 bits per heavy atom. The van der Waals surface area contributed by atoms with Crippen LogP contribution in [-0.4, -0.2) is 46.9 Å². The van der Waals surface area contributed by atoms with Crippen LogP contribution in [0.4, 0.5) is 4.39 Å². The number of nitrogens with one attached hydrogen (secondary N) is 1. The number of carbonyl (C=O) groups is 3. The summed E-state index contributed by atoms with van der Waals surface area (Å²) in [5, 5.41) is 12.1. The maximum absolute atomic E-state index is 13.7. The molecule has 1 aliphatic heterocycles. The summed E-state index contributed by atoms with van der Waals surface area (Å²) in [7, 11) is 0. The third kappa shape index (κ3) is 3.23. The molecule has 0 radical (unpaired) electrons. The smallest absolute Gasteiger partial charge is 0.319 e. The summed E-state index contributed by atoms with van der Waals surface area (Å²) in [6.07, 6.45) is 2.55. The summed E-state index contributed by atoms with van der Waals surface area (Å²) in [6.45, 7) is 0.802. The third-order valence-electron chi connectivity index (χ3n) is 5.27. The van der Waals surface area contributed by atoms with Crippen molar-refractivity contribution in [2.24, 2.45) is 5.41 Å². The molecule has 2 aliphatic rings. The van der Waals surface area contributed by atoms with Crippen molar-refractivity contribution >= 4 is 17.8 Å². The van der Waals surface area contributed by atoms with Gasteiger partial charge in [0.2, 0.25) is 5.91 Å². The average Bonchev–Trinajstić information content (AvgIpc) is 2.54. The highest BCUT2D eigenvalue weighted by atomic mass is 19.1. The molecule has 0 unspecified atom stereocenters. The number of rotatable bonds is 4. The number of carbonyl (C=O) groups excluding carboxylic acids is 2. The number of carboxylic acids is 1. The number of nitrogens with zero attached hydrogens (tertiary/aromatic N) is 1. The molecule has 1 saturated heterocycles. The summed E-state index contributed by atoms with van der Waals surface area (Å²) >= 11 is 0. The number of hydrogen-bond acceptors (Lipinski definition) is 3. The normalized spacial score (nSPS) is 19.8. The lowest BCUT2D eigenvalue weighted by Gasteiger charge is -2.39. The standard InChI is InChI=1S/C18H21FN2O4/c19-14-5-2-1-4-13(14)15(22)21-10-6-12(7-11-21)20-16(23)18(17(24)25)8-3-9-18/h1-2,4-5,12H,3,6-11H2,(H,20,23)(H,24,25). The molecule has 2 N–H and O–H groups in total. The molecule has 6 nitrogen and oxygen atoms in total. The number of aliphatic carboxylic acids is 1. The lowest BCUT2D eigenvalue weighted by atomic mass is 9.68. The van der Waals surface area contributed by atoms with Crippen LogP contribution < -0.4 is 5.32 Å². The van der Waals surface area contributed by atoms with Gasteiger partial charge in [-0.05, 0) is 37.8 Å². The highest BCUT2D eigenvalue weighted by Gasteiger charge is 2.51. The van der Waals surface area contributed by atoms with E-state index >= 15 is 0 Å². The van der Waals surface area contributed by atoms with Gasteiger partial charge in [0.25, 0.3) is 5.91 Å². The molecule has 0 aromatic heterocycles. The lowest BCUT2D eigenvalue weighted by molar-refractivity contribution is -0.162. The average molecular weight is 348 g/mol. The van der Waals surface area contributed by atoms with Gasteiger partial charge in [-0.25, -0.2) is 4.39 Å². The fraction of sp³-hybridized carbons (Fsp3) is 0.500. The van der Waals surface area contributed by atoms with Gasteiger partial charge in [-0.15, -0.1) is 0 Å². The molecule has 134 valence electrons. The molecule has 1 aromatic rings. The lowest BCUT2D eigenvalue weighted by Crippen LogP contribution is -2.55. The molecule has 7 heteroatoms. The Hall–Kier alpha value is -2.44. The molecule has 3 rings (SSSR count). The summed E-state index contributed by atoms with van der Waals surface area (Å²) in [6, 6.07) is 5.71. The monoisotopic (exact) mass is 348 g/mol. The molecule has 2 fully saturated rings. The Kier molecular flexibility index (Phi) is 4.74. The molecular formula is C18H21FN2O4. The van der Waals surface area contributed by atoms with Gasteiger partial charge in [-0.3, -0.25) is 14.4 Å². The summed E-state index contributed by atoms with van der Waals surface area (Å²) in [5.41, 5.74) is -1.23. The fourth-order valence-electron chi connectivity index (χ4n) is 3.42. The largest absolute Gasteiger partial charge is 0.480 e. The van der Waals surface area contributed by atoms with Crippen molar-refractivity contribution in [3.63, 3.8) is 0 Å². The van der Waals surface area contributed by atoms with Gasteiger partial charge in [-0.1, -0.05) is 18.6 Å². The van der Waals surface area contributed by atoms with Gasteiger partial charge in [-0.2, -0.15) is 0 Å². The zero-order valence-electron chi connectivity index (χ0n) is 13.8. The van der Waals surface area contributed by atoms with Crippen molar-refractivity contribution < 1.29 is 23.9 Å². The van der Waals surface area contributed by atoms with Crippen LogP contribution in [-0.2, 0) is 9.59 Å². The highest BCUT2D eigenvalue weighted by Crippen LogP contribution is 2.41. The minimum Gasteiger partial charge on any atom is -0.480 e. The minimum absolute atomic E-state index is 0.0456. The van der Waals surface area contributed by atoms with Crippen LogP contribution in [0.2, 0.25) is 0 Å². The van der Waals surface area contributed by atoms with Crippen LogP contribution in [0.1, 0.15) is 42.5 Å². The van der Waals surface area contributed by atoms with E-state index in [0.29, 0.717) is 38.8 Å². The Bertz CT molecular complexity index is 694. The minimum atomic E-state index is -1.28. The summed E-state index contributed by atoms with van der Waals surface area (Å²) < 4.78 is 13.7. The van der Waals surface area contributed by atoms with E-state index in [1.165, 1.54) is 18.2 Å². The third-order valence-corrected chi connectivity index (χ3v) is 5.27. The Labute approximate surface area is 145 Å². The van der Waals surface area contributed by atoms with Crippen molar-refractivity contribution in [2.45, 2.75) is 38.1 Å². The first-order valence-electron chi connectivity index (χ1n) is 8.52. The van der Waals surface area contributed by atoms with E-state index in [0.717, 1.165) is 6.42 Å². The zero-order chi connectivity index (χ0) is 18.0.